The van der Waals surface area contributed by atoms with Crippen molar-refractivity contribution < 1.29 is 30.6 Å². The minimum Gasteiger partial charge on any atom is -0.325 e. The number of nitrogens with zero attached hydrogens (tertiary/aromatic N) is 1. The van der Waals surface area contributed by atoms with E-state index in [0.29, 0.717) is 12.8 Å². The van der Waals surface area contributed by atoms with Gasteiger partial charge in [-0.05, 0) is 49.2 Å². The topological polar surface area (TPSA) is 83.6 Å². The highest BCUT2D eigenvalue weighted by molar-refractivity contribution is 7.89. The molecule has 1 heterocycles. The van der Waals surface area contributed by atoms with E-state index in [9.17, 15) is 30.6 Å². The number of hydrogen-bond donors (Lipinski definition) is 1. The number of sulfonamides is 1. The van der Waals surface area contributed by atoms with Crippen LogP contribution in [0.1, 0.15) is 12.8 Å². The van der Waals surface area contributed by atoms with Crippen molar-refractivity contribution >= 4 is 32.4 Å². The molecule has 0 saturated carbocycles. The molecule has 1 fully saturated rings. The first-order valence-corrected chi connectivity index (χ1v) is 11.2. The molecule has 2 aromatic rings. The molecule has 1 aliphatic rings. The summed E-state index contributed by atoms with van der Waals surface area (Å²) in [6, 6.07) is 11.2. The number of alkyl halides is 3. The van der Waals surface area contributed by atoms with Gasteiger partial charge in [-0.3, -0.25) is 4.79 Å². The molecule has 29 heavy (non-hydrogen) atoms. The van der Waals surface area contributed by atoms with E-state index in [1.807, 2.05) is 0 Å². The summed E-state index contributed by atoms with van der Waals surface area (Å²) >= 11 is 0. The quantitative estimate of drug-likeness (QED) is 0.765. The molecule has 2 unspecified atom stereocenters. The largest absolute Gasteiger partial charge is 0.475 e. The summed E-state index contributed by atoms with van der Waals surface area (Å²) < 4.78 is 75.6. The fourth-order valence-electron chi connectivity index (χ4n) is 3.04. The Morgan fingerprint density at radius 3 is 2.28 bits per heavy atom. The maximum Gasteiger partial charge on any atom is 0.475 e. The van der Waals surface area contributed by atoms with Crippen molar-refractivity contribution in [3.05, 3.63) is 54.6 Å². The summed E-state index contributed by atoms with van der Waals surface area (Å²) in [5.41, 5.74) is -4.69. The summed E-state index contributed by atoms with van der Waals surface area (Å²) in [6.45, 7) is 0.193. The van der Waals surface area contributed by atoms with Crippen LogP contribution < -0.4 is 5.32 Å². The molecule has 1 N–H and O–H groups in total. The van der Waals surface area contributed by atoms with Crippen LogP contribution in [0, 0.1) is 0 Å². The monoisotopic (exact) mass is 446 g/mol. The number of halogens is 3. The zero-order valence-electron chi connectivity index (χ0n) is 14.9. The van der Waals surface area contributed by atoms with Crippen LogP contribution in [0.2, 0.25) is 0 Å². The van der Waals surface area contributed by atoms with Crippen molar-refractivity contribution in [3.8, 4) is 0 Å². The molecule has 156 valence electrons. The normalized spacial score (nSPS) is 19.1. The SMILES string of the molecule is O=C(Nc1ccc(S(=O)C(F)(F)F)cc1)C1CCCN1S(=O)(=O)c1ccccc1. The third-order valence-electron chi connectivity index (χ3n) is 4.40. The Bertz CT molecular complexity index is 1010. The molecule has 0 spiro atoms. The van der Waals surface area contributed by atoms with Crippen LogP contribution >= 0.6 is 0 Å². The number of hydrogen-bond acceptors (Lipinski definition) is 4. The predicted octanol–water partition coefficient (Wildman–Crippen LogP) is 3.11. The predicted molar refractivity (Wildman–Crippen MR) is 101 cm³/mol. The maximum absolute atomic E-state index is 12.8. The second-order valence-corrected chi connectivity index (χ2v) is 9.68. The Kier molecular flexibility index (Phi) is 6.11. The van der Waals surface area contributed by atoms with Crippen LogP contribution in [0.15, 0.2) is 64.4 Å². The van der Waals surface area contributed by atoms with Crippen LogP contribution in [-0.2, 0) is 25.6 Å². The Morgan fingerprint density at radius 2 is 1.69 bits per heavy atom. The molecule has 2 atom stereocenters. The molecule has 1 amide bonds. The molecule has 0 radical (unpaired) electrons. The molecule has 6 nitrogen and oxygen atoms in total. The molecule has 2 aromatic carbocycles. The van der Waals surface area contributed by atoms with Gasteiger partial charge in [-0.2, -0.15) is 17.5 Å². The molecule has 3 rings (SSSR count). The van der Waals surface area contributed by atoms with Gasteiger partial charge in [-0.1, -0.05) is 18.2 Å². The summed E-state index contributed by atoms with van der Waals surface area (Å²) in [7, 11) is -7.01. The third kappa shape index (κ3) is 4.68. The van der Waals surface area contributed by atoms with E-state index in [0.717, 1.165) is 16.4 Å². The number of benzene rings is 2. The average molecular weight is 446 g/mol. The molecular formula is C18H17F3N2O4S2. The second kappa shape index (κ2) is 8.25. The van der Waals surface area contributed by atoms with Crippen molar-refractivity contribution in [2.45, 2.75) is 34.2 Å². The fraction of sp³-hybridized carbons (Fsp3) is 0.278. The standard InChI is InChI=1S/C18H17F3N2O4S2/c19-18(20,21)28(25)14-10-8-13(9-11-14)22-17(24)16-7-4-12-23(16)29(26,27)15-5-2-1-3-6-15/h1-3,5-6,8-11,16H,4,7,12H2,(H,22,24). The molecule has 1 aliphatic heterocycles. The van der Waals surface area contributed by atoms with Gasteiger partial charge in [0.1, 0.15) is 6.04 Å². The Morgan fingerprint density at radius 1 is 1.07 bits per heavy atom. The number of carbonyl (C=O) groups is 1. The molecule has 0 aromatic heterocycles. The van der Waals surface area contributed by atoms with E-state index < -0.39 is 43.2 Å². The summed E-state index contributed by atoms with van der Waals surface area (Å²) in [5, 5.41) is 2.52. The number of carbonyl (C=O) groups excluding carboxylic acids is 1. The first-order valence-electron chi connectivity index (χ1n) is 8.57. The van der Waals surface area contributed by atoms with Crippen molar-refractivity contribution in [2.75, 3.05) is 11.9 Å². The van der Waals surface area contributed by atoms with Gasteiger partial charge in [0.25, 0.3) is 0 Å². The summed E-state index contributed by atoms with van der Waals surface area (Å²) in [6.07, 6.45) is 0.835. The van der Waals surface area contributed by atoms with Crippen LogP contribution in [0.25, 0.3) is 0 Å². The summed E-state index contributed by atoms with van der Waals surface area (Å²) in [5.74, 6) is -0.577. The van der Waals surface area contributed by atoms with Gasteiger partial charge in [0, 0.05) is 17.1 Å². The van der Waals surface area contributed by atoms with Crippen molar-refractivity contribution in [1.29, 1.82) is 0 Å². The van der Waals surface area contributed by atoms with E-state index in [-0.39, 0.29) is 17.1 Å². The lowest BCUT2D eigenvalue weighted by Gasteiger charge is -2.23. The highest BCUT2D eigenvalue weighted by Crippen LogP contribution is 2.29. The highest BCUT2D eigenvalue weighted by Gasteiger charge is 2.40. The molecule has 0 bridgehead atoms. The molecule has 1 saturated heterocycles. The number of rotatable bonds is 5. The third-order valence-corrected chi connectivity index (χ3v) is 7.45. The van der Waals surface area contributed by atoms with Crippen LogP contribution in [0.4, 0.5) is 18.9 Å². The van der Waals surface area contributed by atoms with Gasteiger partial charge in [0.2, 0.25) is 15.9 Å². The van der Waals surface area contributed by atoms with E-state index in [4.69, 9.17) is 0 Å². The van der Waals surface area contributed by atoms with Crippen molar-refractivity contribution in [1.82, 2.24) is 4.31 Å². The van der Waals surface area contributed by atoms with Gasteiger partial charge in [-0.15, -0.1) is 0 Å². The smallest absolute Gasteiger partial charge is 0.325 e. The molecule has 0 aliphatic carbocycles. The molecular weight excluding hydrogens is 429 g/mol. The van der Waals surface area contributed by atoms with Gasteiger partial charge >= 0.3 is 5.51 Å². The lowest BCUT2D eigenvalue weighted by atomic mass is 10.2. The van der Waals surface area contributed by atoms with E-state index >= 15 is 0 Å². The van der Waals surface area contributed by atoms with Gasteiger partial charge in [0.15, 0.2) is 10.8 Å². The van der Waals surface area contributed by atoms with Gasteiger partial charge < -0.3 is 5.32 Å². The van der Waals surface area contributed by atoms with Gasteiger partial charge in [-0.25, -0.2) is 12.6 Å². The first-order chi connectivity index (χ1) is 13.6. The van der Waals surface area contributed by atoms with Crippen molar-refractivity contribution in [2.24, 2.45) is 0 Å². The number of nitrogens with one attached hydrogen (secondary N) is 1. The highest BCUT2D eigenvalue weighted by atomic mass is 32.2. The zero-order valence-corrected chi connectivity index (χ0v) is 16.6. The molecule has 11 heteroatoms. The zero-order chi connectivity index (χ0) is 21.2. The van der Waals surface area contributed by atoms with Crippen LogP contribution in [-0.4, -0.2) is 40.9 Å². The number of anilines is 1. The Hall–Kier alpha value is -2.24. The minimum atomic E-state index is -4.87. The minimum absolute atomic E-state index is 0.0821. The van der Waals surface area contributed by atoms with E-state index in [1.165, 1.54) is 24.3 Å². The summed E-state index contributed by atoms with van der Waals surface area (Å²) in [4.78, 5) is 12.3. The second-order valence-electron chi connectivity index (χ2n) is 6.31. The fourth-order valence-corrected chi connectivity index (χ4v) is 5.37. The Balaban J connectivity index is 1.74. The number of amides is 1. The van der Waals surface area contributed by atoms with Crippen molar-refractivity contribution in [3.63, 3.8) is 0 Å². The van der Waals surface area contributed by atoms with Gasteiger partial charge in [0.05, 0.1) is 4.90 Å². The Labute approximate surface area is 168 Å². The first kappa shape index (κ1) is 21.5. The maximum atomic E-state index is 12.8. The lowest BCUT2D eigenvalue weighted by molar-refractivity contribution is -0.119. The van der Waals surface area contributed by atoms with Crippen LogP contribution in [0.5, 0.6) is 0 Å². The van der Waals surface area contributed by atoms with E-state index in [2.05, 4.69) is 5.32 Å². The van der Waals surface area contributed by atoms with E-state index in [1.54, 1.807) is 18.2 Å². The lowest BCUT2D eigenvalue weighted by Crippen LogP contribution is -2.43. The average Bonchev–Trinajstić information content (AvgIpc) is 3.19. The van der Waals surface area contributed by atoms with Crippen LogP contribution in [0.3, 0.4) is 0 Å².